The number of nitrogens with one attached hydrogen (secondary N) is 2. The number of piperazine rings is 1. The van der Waals surface area contributed by atoms with Crippen LogP contribution in [0.5, 0.6) is 11.5 Å². The highest BCUT2D eigenvalue weighted by Gasteiger charge is 2.53. The Bertz CT molecular complexity index is 3310. The largest absolute Gasteiger partial charge is 0.508 e. The molecular formula is C49H47FN8O10. The van der Waals surface area contributed by atoms with Gasteiger partial charge < -0.3 is 39.6 Å². The average molecular weight is 927 g/mol. The van der Waals surface area contributed by atoms with Crippen molar-refractivity contribution in [2.75, 3.05) is 19.7 Å². The smallest absolute Gasteiger partial charge is 0.408 e. The summed E-state index contributed by atoms with van der Waals surface area (Å²) in [6.45, 7) is 8.14. The third kappa shape index (κ3) is 6.46. The minimum atomic E-state index is -2.03. The molecule has 3 aromatic heterocycles. The quantitative estimate of drug-likeness (QED) is 0.126. The number of aryl methyl sites for hydroxylation is 1. The van der Waals surface area contributed by atoms with Crippen molar-refractivity contribution in [3.8, 4) is 40.0 Å². The molecule has 5 N–H and O–H groups in total. The van der Waals surface area contributed by atoms with E-state index in [0.29, 0.717) is 88.3 Å². The third-order valence-electron chi connectivity index (χ3n) is 14.7. The molecule has 1 unspecified atom stereocenters. The second-order valence-electron chi connectivity index (χ2n) is 18.7. The third-order valence-corrected chi connectivity index (χ3v) is 14.7. The number of esters is 1. The molecular weight excluding hydrogens is 880 g/mol. The average Bonchev–Trinajstić information content (AvgIpc) is 3.88. The number of alkyl carbamates (subject to hydrolysis) is 1. The van der Waals surface area contributed by atoms with Gasteiger partial charge in [-0.3, -0.25) is 14.5 Å². The lowest BCUT2D eigenvalue weighted by Gasteiger charge is -2.61. The number of aromatic amines is 1. The van der Waals surface area contributed by atoms with Crippen molar-refractivity contribution in [1.82, 2.24) is 39.4 Å². The first-order valence-electron chi connectivity index (χ1n) is 22.7. The summed E-state index contributed by atoms with van der Waals surface area (Å²) in [6, 6.07) is 12.7. The van der Waals surface area contributed by atoms with E-state index in [9.17, 15) is 39.3 Å². The summed E-state index contributed by atoms with van der Waals surface area (Å²) >= 11 is 0. The SMILES string of the molecule is CC[C@@]1(O)C(=O)OCc2c1cc1n(c2=O)Cc2c-1nc1cc(F)c(C)c3c1c2[C@@H](NC(=O)OCC(=O)N1CC2[C@H]1CN2Cc1ccc(-n2c(-c4cc(C(C)C)c(O)cc4O)n[nH]c2=O)cc1)CC3. The molecule has 6 aromatic rings. The monoisotopic (exact) mass is 926 g/mol. The molecule has 1 aliphatic carbocycles. The van der Waals surface area contributed by atoms with Gasteiger partial charge in [0.25, 0.3) is 11.5 Å². The van der Waals surface area contributed by atoms with Gasteiger partial charge in [-0.1, -0.05) is 32.9 Å². The van der Waals surface area contributed by atoms with Gasteiger partial charge in [-0.2, -0.15) is 5.10 Å². The summed E-state index contributed by atoms with van der Waals surface area (Å²) in [4.78, 5) is 75.3. The van der Waals surface area contributed by atoms with Crippen LogP contribution in [0.25, 0.3) is 39.4 Å². The predicted octanol–water partition coefficient (Wildman–Crippen LogP) is 4.41. The Morgan fingerprint density at radius 1 is 1.03 bits per heavy atom. The number of aliphatic hydroxyl groups is 1. The van der Waals surface area contributed by atoms with E-state index in [1.165, 1.54) is 21.3 Å². The Balaban J connectivity index is 0.749. The molecule has 68 heavy (non-hydrogen) atoms. The van der Waals surface area contributed by atoms with Crippen molar-refractivity contribution in [1.29, 1.82) is 0 Å². The maximum absolute atomic E-state index is 15.4. The van der Waals surface area contributed by atoms with Gasteiger partial charge in [-0.05, 0) is 84.2 Å². The molecule has 0 spiro atoms. The number of aromatic nitrogens is 5. The standard InChI is InChI=1S/C49H47FN8O10/c1-5-49(66)31-13-35-43-29(17-57(35)45(62)30(31)20-67-46(49)63)42-33(11-10-26-23(4)32(50)14-34(51-43)41(26)42)52-48(65)68-21-40(61)56-19-36-37(56)18-55(36)16-24-6-8-25(9-7-24)58-44(53-54-47(58)64)28-12-27(22(2)3)38(59)15-39(28)60/h6-9,12-15,22,33,36-37,59-60,66H,5,10-11,16-21H2,1-4H3,(H,52,65)(H,54,64)/t33-,36?,37+,49-/m0/s1. The van der Waals surface area contributed by atoms with Crippen molar-refractivity contribution >= 4 is 28.9 Å². The Morgan fingerprint density at radius 3 is 2.53 bits per heavy atom. The van der Waals surface area contributed by atoms with E-state index in [1.54, 1.807) is 43.0 Å². The van der Waals surface area contributed by atoms with Crippen LogP contribution in [0.15, 0.2) is 58.1 Å². The number of phenols is 2. The number of amides is 2. The number of rotatable bonds is 9. The lowest BCUT2D eigenvalue weighted by molar-refractivity contribution is -0.172. The minimum absolute atomic E-state index is 0.0253. The van der Waals surface area contributed by atoms with E-state index in [4.69, 9.17) is 14.5 Å². The van der Waals surface area contributed by atoms with E-state index in [2.05, 4.69) is 20.4 Å². The molecule has 3 aromatic carbocycles. The number of carbonyl (C=O) groups is 3. The molecule has 4 aliphatic heterocycles. The summed E-state index contributed by atoms with van der Waals surface area (Å²) in [5, 5.41) is 42.6. The molecule has 2 saturated heterocycles. The number of benzene rings is 3. The molecule has 2 fully saturated rings. The molecule has 0 bridgehead atoms. The number of cyclic esters (lactones) is 1. The molecule has 19 heteroatoms. The normalized spacial score (nSPS) is 21.1. The number of aromatic hydroxyl groups is 2. The molecule has 0 saturated carbocycles. The van der Waals surface area contributed by atoms with Crippen LogP contribution in [0.2, 0.25) is 0 Å². The summed E-state index contributed by atoms with van der Waals surface area (Å²) in [6.07, 6.45) is -0.0257. The number of ether oxygens (including phenoxy) is 2. The number of hydrogen-bond acceptors (Lipinski definition) is 13. The van der Waals surface area contributed by atoms with E-state index < -0.39 is 47.4 Å². The number of phenolic OH excluding ortho intramolecular Hbond substituents is 2. The second kappa shape index (κ2) is 15.6. The Hall–Kier alpha value is -7.38. The molecule has 4 atom stereocenters. The summed E-state index contributed by atoms with van der Waals surface area (Å²) in [5.41, 5.74) is 3.38. The van der Waals surface area contributed by atoms with Gasteiger partial charge in [-0.25, -0.2) is 33.4 Å². The van der Waals surface area contributed by atoms with Gasteiger partial charge in [-0.15, -0.1) is 0 Å². The molecule has 2 amide bonds. The molecule has 7 heterocycles. The van der Waals surface area contributed by atoms with Crippen LogP contribution < -0.4 is 16.6 Å². The van der Waals surface area contributed by atoms with Gasteiger partial charge in [0.1, 0.15) is 23.9 Å². The zero-order chi connectivity index (χ0) is 47.7. The molecule has 5 aliphatic rings. The first kappa shape index (κ1) is 43.2. The number of halogens is 1. The van der Waals surface area contributed by atoms with Gasteiger partial charge in [0.05, 0.1) is 52.3 Å². The molecule has 11 rings (SSSR count). The van der Waals surface area contributed by atoms with E-state index in [-0.39, 0.29) is 71.9 Å². The van der Waals surface area contributed by atoms with Crippen LogP contribution in [-0.4, -0.2) is 99.2 Å². The number of carbonyl (C=O) groups excluding carboxylic acids is 3. The Kier molecular flexibility index (Phi) is 9.91. The van der Waals surface area contributed by atoms with Crippen LogP contribution in [0, 0.1) is 12.7 Å². The first-order chi connectivity index (χ1) is 32.6. The van der Waals surface area contributed by atoms with Crippen molar-refractivity contribution in [3.63, 3.8) is 0 Å². The second-order valence-corrected chi connectivity index (χ2v) is 18.7. The van der Waals surface area contributed by atoms with E-state index in [1.807, 2.05) is 26.0 Å². The number of pyridine rings is 2. The van der Waals surface area contributed by atoms with Crippen LogP contribution in [0.3, 0.4) is 0 Å². The molecule has 350 valence electrons. The van der Waals surface area contributed by atoms with Crippen LogP contribution in [0.1, 0.15) is 90.1 Å². The van der Waals surface area contributed by atoms with Gasteiger partial charge in [0.15, 0.2) is 18.0 Å². The number of likely N-dealkylation sites (tertiary alicyclic amines) is 2. The highest BCUT2D eigenvalue weighted by atomic mass is 19.1. The predicted molar refractivity (Wildman–Crippen MR) is 242 cm³/mol. The van der Waals surface area contributed by atoms with Crippen molar-refractivity contribution in [3.05, 3.63) is 120 Å². The maximum Gasteiger partial charge on any atom is 0.408 e. The number of fused-ring (bicyclic) bond motifs is 6. The molecule has 18 nitrogen and oxygen atoms in total. The minimum Gasteiger partial charge on any atom is -0.508 e. The summed E-state index contributed by atoms with van der Waals surface area (Å²) in [5.74, 6) is -1.71. The molecule has 0 radical (unpaired) electrons. The fourth-order valence-electron chi connectivity index (χ4n) is 10.8. The van der Waals surface area contributed by atoms with E-state index in [0.717, 1.165) is 11.1 Å². The lowest BCUT2D eigenvalue weighted by atomic mass is 9.81. The number of H-pyrrole nitrogens is 1. The van der Waals surface area contributed by atoms with Gasteiger partial charge >= 0.3 is 17.8 Å². The highest BCUT2D eigenvalue weighted by molar-refractivity contribution is 5.94. The lowest BCUT2D eigenvalue weighted by Crippen LogP contribution is -2.79. The topological polar surface area (TPSA) is 234 Å². The van der Waals surface area contributed by atoms with Gasteiger partial charge in [0, 0.05) is 54.3 Å². The zero-order valence-electron chi connectivity index (χ0n) is 37.6. The zero-order valence-corrected chi connectivity index (χ0v) is 37.6. The van der Waals surface area contributed by atoms with Crippen LogP contribution in [0.4, 0.5) is 9.18 Å². The Labute approximate surface area is 386 Å². The fourth-order valence-corrected chi connectivity index (χ4v) is 10.8. The number of nitrogens with zero attached hydrogens (tertiary/aromatic N) is 6. The first-order valence-corrected chi connectivity index (χ1v) is 22.7. The van der Waals surface area contributed by atoms with Crippen molar-refractivity contribution in [2.45, 2.75) is 96.3 Å². The number of hydrogen-bond donors (Lipinski definition) is 5. The van der Waals surface area contributed by atoms with E-state index >= 15 is 4.39 Å². The van der Waals surface area contributed by atoms with Crippen molar-refractivity contribution < 1.29 is 43.6 Å². The maximum atomic E-state index is 15.4. The summed E-state index contributed by atoms with van der Waals surface area (Å²) < 4.78 is 29.0. The highest BCUT2D eigenvalue weighted by Crippen LogP contribution is 2.46. The van der Waals surface area contributed by atoms with Crippen LogP contribution >= 0.6 is 0 Å². The Morgan fingerprint density at radius 2 is 1.81 bits per heavy atom. The van der Waals surface area contributed by atoms with Crippen molar-refractivity contribution in [2.24, 2.45) is 0 Å². The van der Waals surface area contributed by atoms with Crippen LogP contribution in [-0.2, 0) is 50.8 Å². The van der Waals surface area contributed by atoms with Gasteiger partial charge in [0.2, 0.25) is 0 Å². The summed E-state index contributed by atoms with van der Waals surface area (Å²) in [7, 11) is 0. The fraction of sp³-hybridized carbons (Fsp3) is 0.367.